The van der Waals surface area contributed by atoms with Gasteiger partial charge < -0.3 is 15.0 Å². The quantitative estimate of drug-likeness (QED) is 0.839. The van der Waals surface area contributed by atoms with Crippen LogP contribution in [0.4, 0.5) is 0 Å². The molecule has 1 aromatic heterocycles. The summed E-state index contributed by atoms with van der Waals surface area (Å²) < 4.78 is 5.25. The molecule has 7 heteroatoms. The van der Waals surface area contributed by atoms with Crippen LogP contribution in [0.25, 0.3) is 0 Å². The van der Waals surface area contributed by atoms with E-state index in [1.807, 2.05) is 30.3 Å². The Balaban J connectivity index is 1.67. The first-order valence-corrected chi connectivity index (χ1v) is 7.41. The summed E-state index contributed by atoms with van der Waals surface area (Å²) in [5.41, 5.74) is 1.78. The Kier molecular flexibility index (Phi) is 4.68. The van der Waals surface area contributed by atoms with Gasteiger partial charge in [0.2, 0.25) is 11.8 Å². The van der Waals surface area contributed by atoms with Crippen LogP contribution in [-0.2, 0) is 27.4 Å². The third-order valence-corrected chi connectivity index (χ3v) is 3.71. The highest BCUT2D eigenvalue weighted by Gasteiger charge is 2.33. The molecule has 2 N–H and O–H groups in total. The van der Waals surface area contributed by atoms with Gasteiger partial charge in [-0.15, -0.1) is 0 Å². The minimum atomic E-state index is -0.626. The SMILES string of the molecule is O=C(NCc1ccn[nH]1)[C@@H]1COCC(=O)N1Cc1ccccc1. The first-order chi connectivity index (χ1) is 11.2. The van der Waals surface area contributed by atoms with Crippen molar-refractivity contribution in [2.45, 2.75) is 19.1 Å². The highest BCUT2D eigenvalue weighted by atomic mass is 16.5. The molecule has 0 aliphatic carbocycles. The lowest BCUT2D eigenvalue weighted by molar-refractivity contribution is -0.155. The fourth-order valence-corrected chi connectivity index (χ4v) is 2.48. The van der Waals surface area contributed by atoms with Crippen molar-refractivity contribution in [3.63, 3.8) is 0 Å². The average Bonchev–Trinajstić information content (AvgIpc) is 3.09. The Morgan fingerprint density at radius 2 is 2.17 bits per heavy atom. The molecule has 1 aliphatic heterocycles. The van der Waals surface area contributed by atoms with Crippen LogP contribution in [0, 0.1) is 0 Å². The van der Waals surface area contributed by atoms with E-state index in [1.54, 1.807) is 17.2 Å². The van der Waals surface area contributed by atoms with Gasteiger partial charge in [-0.3, -0.25) is 14.7 Å². The Morgan fingerprint density at radius 1 is 1.35 bits per heavy atom. The monoisotopic (exact) mass is 314 g/mol. The molecule has 0 spiro atoms. The van der Waals surface area contributed by atoms with E-state index in [2.05, 4.69) is 15.5 Å². The van der Waals surface area contributed by atoms with Gasteiger partial charge in [-0.2, -0.15) is 5.10 Å². The van der Waals surface area contributed by atoms with Gasteiger partial charge in [0.05, 0.1) is 18.8 Å². The zero-order valence-electron chi connectivity index (χ0n) is 12.6. The number of ether oxygens (including phenoxy) is 1. The van der Waals surface area contributed by atoms with Crippen LogP contribution in [0.5, 0.6) is 0 Å². The van der Waals surface area contributed by atoms with Crippen LogP contribution in [-0.4, -0.2) is 46.2 Å². The molecule has 7 nitrogen and oxygen atoms in total. The van der Waals surface area contributed by atoms with Crippen LogP contribution in [0.1, 0.15) is 11.3 Å². The maximum absolute atomic E-state index is 12.4. The highest BCUT2D eigenvalue weighted by Crippen LogP contribution is 2.14. The molecule has 2 amide bonds. The molecule has 1 aromatic carbocycles. The van der Waals surface area contributed by atoms with Gasteiger partial charge in [0.1, 0.15) is 12.6 Å². The van der Waals surface area contributed by atoms with Crippen LogP contribution in [0.2, 0.25) is 0 Å². The molecular formula is C16H18N4O3. The average molecular weight is 314 g/mol. The number of H-pyrrole nitrogens is 1. The van der Waals surface area contributed by atoms with Gasteiger partial charge in [0.25, 0.3) is 0 Å². The van der Waals surface area contributed by atoms with E-state index in [9.17, 15) is 9.59 Å². The van der Waals surface area contributed by atoms with Crippen molar-refractivity contribution < 1.29 is 14.3 Å². The molecule has 23 heavy (non-hydrogen) atoms. The normalized spacial score (nSPS) is 18.0. The molecule has 3 rings (SSSR count). The number of rotatable bonds is 5. The van der Waals surface area contributed by atoms with Crippen molar-refractivity contribution in [1.29, 1.82) is 0 Å². The lowest BCUT2D eigenvalue weighted by atomic mass is 10.1. The minimum absolute atomic E-state index is 0.0111. The molecule has 1 atom stereocenters. The number of aromatic nitrogens is 2. The van der Waals surface area contributed by atoms with E-state index in [-0.39, 0.29) is 25.0 Å². The first-order valence-electron chi connectivity index (χ1n) is 7.41. The van der Waals surface area contributed by atoms with E-state index in [0.717, 1.165) is 11.3 Å². The van der Waals surface area contributed by atoms with E-state index in [1.165, 1.54) is 0 Å². The predicted octanol–water partition coefficient (Wildman–Crippen LogP) is 0.453. The summed E-state index contributed by atoms with van der Waals surface area (Å²) in [5.74, 6) is -0.412. The summed E-state index contributed by atoms with van der Waals surface area (Å²) in [5, 5.41) is 9.42. The zero-order chi connectivity index (χ0) is 16.1. The summed E-state index contributed by atoms with van der Waals surface area (Å²) >= 11 is 0. The van der Waals surface area contributed by atoms with Crippen molar-refractivity contribution in [3.8, 4) is 0 Å². The van der Waals surface area contributed by atoms with Crippen LogP contribution < -0.4 is 5.32 Å². The largest absolute Gasteiger partial charge is 0.369 e. The van der Waals surface area contributed by atoms with Crippen LogP contribution >= 0.6 is 0 Å². The summed E-state index contributed by atoms with van der Waals surface area (Å²) in [6, 6.07) is 10.8. The van der Waals surface area contributed by atoms with Crippen molar-refractivity contribution in [2.75, 3.05) is 13.2 Å². The molecule has 0 bridgehead atoms. The fourth-order valence-electron chi connectivity index (χ4n) is 2.48. The summed E-state index contributed by atoms with van der Waals surface area (Å²) in [4.78, 5) is 26.1. The number of hydrogen-bond donors (Lipinski definition) is 2. The molecule has 0 radical (unpaired) electrons. The Labute approximate surface area is 133 Å². The topological polar surface area (TPSA) is 87.3 Å². The third kappa shape index (κ3) is 3.75. The molecule has 120 valence electrons. The second kappa shape index (κ2) is 7.06. The number of hydrogen-bond acceptors (Lipinski definition) is 4. The number of carbonyl (C=O) groups is 2. The number of amides is 2. The third-order valence-electron chi connectivity index (χ3n) is 3.71. The van der Waals surface area contributed by atoms with Crippen molar-refractivity contribution in [2.24, 2.45) is 0 Å². The summed E-state index contributed by atoms with van der Waals surface area (Å²) in [6.45, 7) is 0.943. The number of carbonyl (C=O) groups excluding carboxylic acids is 2. The minimum Gasteiger partial charge on any atom is -0.369 e. The van der Waals surface area contributed by atoms with Crippen LogP contribution in [0.15, 0.2) is 42.6 Å². The molecule has 1 fully saturated rings. The van der Waals surface area contributed by atoms with Gasteiger partial charge in [-0.25, -0.2) is 0 Å². The van der Waals surface area contributed by atoms with Crippen molar-refractivity contribution in [3.05, 3.63) is 53.9 Å². The second-order valence-corrected chi connectivity index (χ2v) is 5.34. The second-order valence-electron chi connectivity index (χ2n) is 5.34. The molecule has 0 unspecified atom stereocenters. The molecular weight excluding hydrogens is 296 g/mol. The molecule has 1 aliphatic rings. The number of benzene rings is 1. The maximum Gasteiger partial charge on any atom is 0.249 e. The molecule has 0 saturated carbocycles. The number of aromatic amines is 1. The Hall–Kier alpha value is -2.67. The van der Waals surface area contributed by atoms with Crippen molar-refractivity contribution in [1.82, 2.24) is 20.4 Å². The van der Waals surface area contributed by atoms with Crippen LogP contribution in [0.3, 0.4) is 0 Å². The molecule has 2 heterocycles. The van der Waals surface area contributed by atoms with E-state index in [0.29, 0.717) is 13.1 Å². The lowest BCUT2D eigenvalue weighted by Crippen LogP contribution is -2.55. The number of nitrogens with zero attached hydrogens (tertiary/aromatic N) is 2. The maximum atomic E-state index is 12.4. The summed E-state index contributed by atoms with van der Waals surface area (Å²) in [6.07, 6.45) is 1.62. The lowest BCUT2D eigenvalue weighted by Gasteiger charge is -2.34. The molecule has 1 saturated heterocycles. The first kappa shape index (κ1) is 15.2. The van der Waals surface area contributed by atoms with Gasteiger partial charge in [0.15, 0.2) is 0 Å². The summed E-state index contributed by atoms with van der Waals surface area (Å²) in [7, 11) is 0. The fraction of sp³-hybridized carbons (Fsp3) is 0.312. The smallest absolute Gasteiger partial charge is 0.249 e. The van der Waals surface area contributed by atoms with E-state index >= 15 is 0 Å². The van der Waals surface area contributed by atoms with Gasteiger partial charge in [-0.1, -0.05) is 30.3 Å². The Morgan fingerprint density at radius 3 is 2.91 bits per heavy atom. The number of morpholine rings is 1. The Bertz CT molecular complexity index is 657. The highest BCUT2D eigenvalue weighted by molar-refractivity contribution is 5.89. The predicted molar refractivity (Wildman–Crippen MR) is 82.0 cm³/mol. The van der Waals surface area contributed by atoms with Crippen molar-refractivity contribution >= 4 is 11.8 Å². The van der Waals surface area contributed by atoms with E-state index < -0.39 is 6.04 Å². The van der Waals surface area contributed by atoms with E-state index in [4.69, 9.17) is 4.74 Å². The molecule has 2 aromatic rings. The van der Waals surface area contributed by atoms with Gasteiger partial charge in [0, 0.05) is 12.7 Å². The van der Waals surface area contributed by atoms with Gasteiger partial charge >= 0.3 is 0 Å². The standard InChI is InChI=1S/C16H18N4O3/c21-15-11-23-10-14(16(22)17-8-13-6-7-18-19-13)20(15)9-12-4-2-1-3-5-12/h1-7,14H,8-11H2,(H,17,22)(H,18,19)/t14-/m0/s1. The zero-order valence-corrected chi connectivity index (χ0v) is 12.6. The number of nitrogens with one attached hydrogen (secondary N) is 2. The van der Waals surface area contributed by atoms with Gasteiger partial charge in [-0.05, 0) is 11.6 Å².